The third-order valence-corrected chi connectivity index (χ3v) is 2.83. The zero-order valence-corrected chi connectivity index (χ0v) is 11.1. The Kier molecular flexibility index (Phi) is 4.33. The maximum Gasteiger partial charge on any atom is 0.410 e. The molecule has 1 saturated heterocycles. The minimum Gasteiger partial charge on any atom is -0.444 e. The normalized spacial score (nSPS) is 24.2. The van der Waals surface area contributed by atoms with Gasteiger partial charge in [-0.15, -0.1) is 0 Å². The first kappa shape index (κ1) is 15.6. The molecule has 4 nitrogen and oxygen atoms in total. The first-order valence-electron chi connectivity index (χ1n) is 5.98. The molecule has 0 bridgehead atoms. The number of nitriles is 1. The molecule has 1 aliphatic heterocycles. The van der Waals surface area contributed by atoms with Crippen molar-refractivity contribution in [2.45, 2.75) is 51.4 Å². The Bertz CT molecular complexity index is 382. The third kappa shape index (κ3) is 4.30. The SMILES string of the molecule is CC(C)(C)OC(=O)N1C[C@@H](C(F)(F)F)C[C@H]1CC#N. The molecule has 1 amide bonds. The highest BCUT2D eigenvalue weighted by molar-refractivity contribution is 5.69. The molecular formula is C12H17F3N2O2. The lowest BCUT2D eigenvalue weighted by Crippen LogP contribution is -2.40. The summed E-state index contributed by atoms with van der Waals surface area (Å²) in [5.41, 5.74) is -0.773. The third-order valence-electron chi connectivity index (χ3n) is 2.83. The van der Waals surface area contributed by atoms with E-state index < -0.39 is 36.4 Å². The minimum atomic E-state index is -4.36. The summed E-state index contributed by atoms with van der Waals surface area (Å²) in [6, 6.07) is 1.08. The number of halogens is 3. The lowest BCUT2D eigenvalue weighted by atomic mass is 10.0. The summed E-state index contributed by atoms with van der Waals surface area (Å²) in [6.07, 6.45) is -5.51. The van der Waals surface area contributed by atoms with Crippen molar-refractivity contribution >= 4 is 6.09 Å². The molecule has 2 atom stereocenters. The van der Waals surface area contributed by atoms with Gasteiger partial charge in [0.25, 0.3) is 0 Å². The topological polar surface area (TPSA) is 53.3 Å². The van der Waals surface area contributed by atoms with Gasteiger partial charge < -0.3 is 9.64 Å². The van der Waals surface area contributed by atoms with E-state index in [1.165, 1.54) is 0 Å². The molecule has 0 spiro atoms. The van der Waals surface area contributed by atoms with Crippen molar-refractivity contribution in [1.82, 2.24) is 4.90 Å². The molecular weight excluding hydrogens is 261 g/mol. The Morgan fingerprint density at radius 2 is 2.00 bits per heavy atom. The van der Waals surface area contributed by atoms with Gasteiger partial charge in [0.1, 0.15) is 5.60 Å². The quantitative estimate of drug-likeness (QED) is 0.740. The second-order valence-corrected chi connectivity index (χ2v) is 5.62. The lowest BCUT2D eigenvalue weighted by Gasteiger charge is -2.27. The van der Waals surface area contributed by atoms with Crippen LogP contribution in [0.1, 0.15) is 33.6 Å². The second kappa shape index (κ2) is 5.27. The van der Waals surface area contributed by atoms with Crippen molar-refractivity contribution in [3.63, 3.8) is 0 Å². The van der Waals surface area contributed by atoms with E-state index in [1.54, 1.807) is 20.8 Å². The zero-order chi connectivity index (χ0) is 14.8. The van der Waals surface area contributed by atoms with Gasteiger partial charge in [-0.2, -0.15) is 18.4 Å². The van der Waals surface area contributed by atoms with E-state index in [0.29, 0.717) is 0 Å². The highest BCUT2D eigenvalue weighted by atomic mass is 19.4. The molecule has 0 aromatic rings. The molecule has 0 aromatic heterocycles. The van der Waals surface area contributed by atoms with Crippen LogP contribution in [0.2, 0.25) is 0 Å². The minimum absolute atomic E-state index is 0.119. The number of rotatable bonds is 1. The van der Waals surface area contributed by atoms with Crippen LogP contribution < -0.4 is 0 Å². The van der Waals surface area contributed by atoms with Crippen LogP contribution in [0.5, 0.6) is 0 Å². The monoisotopic (exact) mass is 278 g/mol. The molecule has 108 valence electrons. The smallest absolute Gasteiger partial charge is 0.410 e. The molecule has 7 heteroatoms. The summed E-state index contributed by atoms with van der Waals surface area (Å²) in [5.74, 6) is -1.58. The van der Waals surface area contributed by atoms with Crippen molar-refractivity contribution in [3.05, 3.63) is 0 Å². The van der Waals surface area contributed by atoms with Crippen LogP contribution in [-0.4, -0.2) is 35.4 Å². The Morgan fingerprint density at radius 1 is 1.42 bits per heavy atom. The van der Waals surface area contributed by atoms with Gasteiger partial charge in [0, 0.05) is 12.6 Å². The van der Waals surface area contributed by atoms with Gasteiger partial charge >= 0.3 is 12.3 Å². The molecule has 1 rings (SSSR count). The van der Waals surface area contributed by atoms with Gasteiger partial charge in [-0.25, -0.2) is 4.79 Å². The predicted octanol–water partition coefficient (Wildman–Crippen LogP) is 3.09. The average Bonchev–Trinajstić information content (AvgIpc) is 2.59. The molecule has 0 radical (unpaired) electrons. The van der Waals surface area contributed by atoms with Crippen LogP contribution in [0.3, 0.4) is 0 Å². The predicted molar refractivity (Wildman–Crippen MR) is 61.1 cm³/mol. The summed E-state index contributed by atoms with van der Waals surface area (Å²) >= 11 is 0. The fourth-order valence-corrected chi connectivity index (χ4v) is 2.00. The summed E-state index contributed by atoms with van der Waals surface area (Å²) in [4.78, 5) is 12.9. The van der Waals surface area contributed by atoms with Crippen molar-refractivity contribution in [2.24, 2.45) is 5.92 Å². The molecule has 0 saturated carbocycles. The number of ether oxygens (including phenoxy) is 1. The van der Waals surface area contributed by atoms with Crippen LogP contribution in [0.4, 0.5) is 18.0 Å². The van der Waals surface area contributed by atoms with Crippen molar-refractivity contribution < 1.29 is 22.7 Å². The van der Waals surface area contributed by atoms with Gasteiger partial charge in [-0.3, -0.25) is 0 Å². The number of hydrogen-bond acceptors (Lipinski definition) is 3. The standard InChI is InChI=1S/C12H17F3N2O2/c1-11(2,3)19-10(18)17-7-8(12(13,14)15)6-9(17)4-5-16/h8-9H,4,6-7H2,1-3H3/t8-,9+/m0/s1. The number of likely N-dealkylation sites (tertiary alicyclic amines) is 1. The van der Waals surface area contributed by atoms with E-state index in [9.17, 15) is 18.0 Å². The number of nitrogens with zero attached hydrogens (tertiary/aromatic N) is 2. The molecule has 1 aliphatic rings. The van der Waals surface area contributed by atoms with E-state index >= 15 is 0 Å². The number of amides is 1. The molecule has 0 N–H and O–H groups in total. The number of alkyl halides is 3. The molecule has 1 heterocycles. The Morgan fingerprint density at radius 3 is 2.42 bits per heavy atom. The average molecular weight is 278 g/mol. The molecule has 0 aromatic carbocycles. The summed E-state index contributed by atoms with van der Waals surface area (Å²) in [5, 5.41) is 8.64. The number of carbonyl (C=O) groups excluding carboxylic acids is 1. The number of carbonyl (C=O) groups is 1. The summed E-state index contributed by atoms with van der Waals surface area (Å²) in [6.45, 7) is 4.48. The molecule has 1 fully saturated rings. The van der Waals surface area contributed by atoms with E-state index in [4.69, 9.17) is 10.00 Å². The van der Waals surface area contributed by atoms with E-state index in [2.05, 4.69) is 0 Å². The second-order valence-electron chi connectivity index (χ2n) is 5.62. The van der Waals surface area contributed by atoms with Crippen molar-refractivity contribution in [1.29, 1.82) is 5.26 Å². The van der Waals surface area contributed by atoms with Gasteiger partial charge in [0.2, 0.25) is 0 Å². The summed E-state index contributed by atoms with van der Waals surface area (Å²) < 4.78 is 43.1. The number of hydrogen-bond donors (Lipinski definition) is 0. The van der Waals surface area contributed by atoms with E-state index in [-0.39, 0.29) is 12.8 Å². The van der Waals surface area contributed by atoms with Crippen LogP contribution in [-0.2, 0) is 4.74 Å². The highest BCUT2D eigenvalue weighted by Gasteiger charge is 2.49. The van der Waals surface area contributed by atoms with Gasteiger partial charge in [-0.05, 0) is 27.2 Å². The van der Waals surface area contributed by atoms with Gasteiger partial charge in [-0.1, -0.05) is 0 Å². The molecule has 0 unspecified atom stereocenters. The Labute approximate surface area is 110 Å². The molecule has 0 aliphatic carbocycles. The summed E-state index contributed by atoms with van der Waals surface area (Å²) in [7, 11) is 0. The van der Waals surface area contributed by atoms with E-state index in [1.807, 2.05) is 6.07 Å². The maximum absolute atomic E-state index is 12.7. The van der Waals surface area contributed by atoms with Crippen molar-refractivity contribution in [2.75, 3.05) is 6.54 Å². The van der Waals surface area contributed by atoms with Gasteiger partial charge in [0.15, 0.2) is 0 Å². The molecule has 19 heavy (non-hydrogen) atoms. The lowest BCUT2D eigenvalue weighted by molar-refractivity contribution is -0.170. The van der Waals surface area contributed by atoms with Crippen LogP contribution >= 0.6 is 0 Å². The van der Waals surface area contributed by atoms with E-state index in [0.717, 1.165) is 4.90 Å². The maximum atomic E-state index is 12.7. The zero-order valence-electron chi connectivity index (χ0n) is 11.1. The largest absolute Gasteiger partial charge is 0.444 e. The van der Waals surface area contributed by atoms with Gasteiger partial charge in [0.05, 0.1) is 18.4 Å². The first-order valence-corrected chi connectivity index (χ1v) is 5.98. The van der Waals surface area contributed by atoms with Crippen molar-refractivity contribution in [3.8, 4) is 6.07 Å². The Hall–Kier alpha value is -1.45. The van der Waals surface area contributed by atoms with Crippen LogP contribution in [0, 0.1) is 17.2 Å². The first-order chi connectivity index (χ1) is 8.54. The van der Waals surface area contributed by atoms with Crippen LogP contribution in [0.25, 0.3) is 0 Å². The fraction of sp³-hybridized carbons (Fsp3) is 0.833. The highest BCUT2D eigenvalue weighted by Crippen LogP contribution is 2.38. The Balaban J connectivity index is 2.80. The fourth-order valence-electron chi connectivity index (χ4n) is 2.00. The van der Waals surface area contributed by atoms with Crippen LogP contribution in [0.15, 0.2) is 0 Å².